The molecule has 0 amide bonds. The highest BCUT2D eigenvalue weighted by Crippen LogP contribution is 2.22. The summed E-state index contributed by atoms with van der Waals surface area (Å²) in [6.07, 6.45) is 1.39. The first-order chi connectivity index (χ1) is 9.42. The Bertz CT molecular complexity index is 715. The summed E-state index contributed by atoms with van der Waals surface area (Å²) < 4.78 is 39.6. The zero-order chi connectivity index (χ0) is 14.8. The third-order valence-electron chi connectivity index (χ3n) is 2.57. The van der Waals surface area contributed by atoms with E-state index in [9.17, 15) is 12.8 Å². The predicted molar refractivity (Wildman–Crippen MR) is 75.8 cm³/mol. The Hall–Kier alpha value is -1.57. The van der Waals surface area contributed by atoms with Crippen LogP contribution in [-0.4, -0.2) is 20.4 Å². The summed E-state index contributed by atoms with van der Waals surface area (Å²) in [5.74, 6) is -0.604. The molecule has 0 aliphatic rings. The maximum atomic E-state index is 13.0. The molecule has 1 aromatic carbocycles. The third-order valence-corrected chi connectivity index (χ3v) is 4.22. The number of aromatic amines is 1. The standard InChI is InChI=1S/C12H13ClFN3O2S/c1-15-6-9-4-10(7-16-9)20(18,19)17-8-2-3-12(14)11(13)5-8/h2-5,7,15-17H,6H2,1H3. The van der Waals surface area contributed by atoms with Crippen molar-refractivity contribution in [3.8, 4) is 0 Å². The molecule has 0 spiro atoms. The molecule has 0 unspecified atom stereocenters. The molecule has 0 radical (unpaired) electrons. The van der Waals surface area contributed by atoms with Gasteiger partial charge in [0.1, 0.15) is 10.7 Å². The molecule has 0 aliphatic carbocycles. The lowest BCUT2D eigenvalue weighted by Gasteiger charge is -2.06. The van der Waals surface area contributed by atoms with Gasteiger partial charge in [-0.3, -0.25) is 4.72 Å². The van der Waals surface area contributed by atoms with Gasteiger partial charge in [-0.2, -0.15) is 0 Å². The van der Waals surface area contributed by atoms with Crippen LogP contribution in [0.4, 0.5) is 10.1 Å². The number of aromatic nitrogens is 1. The van der Waals surface area contributed by atoms with Gasteiger partial charge in [-0.1, -0.05) is 11.6 Å². The van der Waals surface area contributed by atoms with Crippen LogP contribution in [0.2, 0.25) is 5.02 Å². The van der Waals surface area contributed by atoms with Gasteiger partial charge in [0.15, 0.2) is 0 Å². The van der Waals surface area contributed by atoms with Crippen LogP contribution in [-0.2, 0) is 16.6 Å². The van der Waals surface area contributed by atoms with Crippen LogP contribution in [0.15, 0.2) is 35.4 Å². The number of hydrogen-bond acceptors (Lipinski definition) is 3. The monoisotopic (exact) mass is 317 g/mol. The van der Waals surface area contributed by atoms with Crippen molar-refractivity contribution in [2.75, 3.05) is 11.8 Å². The first kappa shape index (κ1) is 14.8. The smallest absolute Gasteiger partial charge is 0.263 e. The van der Waals surface area contributed by atoms with E-state index >= 15 is 0 Å². The Morgan fingerprint density at radius 3 is 2.75 bits per heavy atom. The van der Waals surface area contributed by atoms with Crippen molar-refractivity contribution in [1.82, 2.24) is 10.3 Å². The molecule has 0 saturated carbocycles. The van der Waals surface area contributed by atoms with Gasteiger partial charge in [0.25, 0.3) is 10.0 Å². The van der Waals surface area contributed by atoms with Crippen molar-refractivity contribution < 1.29 is 12.8 Å². The summed E-state index contributed by atoms with van der Waals surface area (Å²) in [6, 6.07) is 5.14. The van der Waals surface area contributed by atoms with Gasteiger partial charge in [0.2, 0.25) is 0 Å². The van der Waals surface area contributed by atoms with Crippen molar-refractivity contribution in [3.05, 3.63) is 47.0 Å². The highest BCUT2D eigenvalue weighted by Gasteiger charge is 2.16. The molecule has 5 nitrogen and oxygen atoms in total. The van der Waals surface area contributed by atoms with Crippen molar-refractivity contribution in [3.63, 3.8) is 0 Å². The molecule has 20 heavy (non-hydrogen) atoms. The van der Waals surface area contributed by atoms with Gasteiger partial charge in [0, 0.05) is 18.4 Å². The second-order valence-corrected chi connectivity index (χ2v) is 6.21. The number of halogens is 2. The number of H-pyrrole nitrogens is 1. The van der Waals surface area contributed by atoms with Gasteiger partial charge in [0.05, 0.1) is 10.7 Å². The third kappa shape index (κ3) is 3.30. The summed E-state index contributed by atoms with van der Waals surface area (Å²) in [5.41, 5.74) is 0.942. The lowest BCUT2D eigenvalue weighted by atomic mass is 10.3. The van der Waals surface area contributed by atoms with E-state index in [2.05, 4.69) is 15.0 Å². The zero-order valence-corrected chi connectivity index (χ0v) is 12.1. The van der Waals surface area contributed by atoms with Crippen LogP contribution in [0, 0.1) is 5.82 Å². The van der Waals surface area contributed by atoms with E-state index in [1.165, 1.54) is 24.4 Å². The van der Waals surface area contributed by atoms with E-state index in [4.69, 9.17) is 11.6 Å². The Labute approximate surface area is 121 Å². The molecular formula is C12H13ClFN3O2S. The van der Waals surface area contributed by atoms with Crippen molar-refractivity contribution in [2.45, 2.75) is 11.4 Å². The summed E-state index contributed by atoms with van der Waals surface area (Å²) in [6.45, 7) is 0.526. The van der Waals surface area contributed by atoms with Gasteiger partial charge < -0.3 is 10.3 Å². The predicted octanol–water partition coefficient (Wildman–Crippen LogP) is 2.33. The minimum absolute atomic E-state index is 0.100. The lowest BCUT2D eigenvalue weighted by Crippen LogP contribution is -2.12. The second-order valence-electron chi connectivity index (χ2n) is 4.13. The Balaban J connectivity index is 2.23. The van der Waals surface area contributed by atoms with E-state index in [-0.39, 0.29) is 15.6 Å². The first-order valence-corrected chi connectivity index (χ1v) is 7.58. The normalized spacial score (nSPS) is 11.6. The fraction of sp³-hybridized carbons (Fsp3) is 0.167. The number of benzene rings is 1. The number of anilines is 1. The zero-order valence-electron chi connectivity index (χ0n) is 10.6. The van der Waals surface area contributed by atoms with Crippen LogP contribution < -0.4 is 10.0 Å². The number of sulfonamides is 1. The van der Waals surface area contributed by atoms with E-state index in [0.717, 1.165) is 11.8 Å². The van der Waals surface area contributed by atoms with Crippen molar-refractivity contribution in [1.29, 1.82) is 0 Å². The summed E-state index contributed by atoms with van der Waals surface area (Å²) in [4.78, 5) is 2.95. The Kier molecular flexibility index (Phi) is 4.32. The van der Waals surface area contributed by atoms with Crippen LogP contribution in [0.5, 0.6) is 0 Å². The molecular weight excluding hydrogens is 305 g/mol. The van der Waals surface area contributed by atoms with E-state index in [0.29, 0.717) is 6.54 Å². The molecule has 0 fully saturated rings. The molecule has 108 valence electrons. The molecule has 8 heteroatoms. The molecule has 0 aliphatic heterocycles. The number of nitrogens with one attached hydrogen (secondary N) is 3. The molecule has 0 saturated heterocycles. The highest BCUT2D eigenvalue weighted by atomic mass is 35.5. The topological polar surface area (TPSA) is 74.0 Å². The first-order valence-electron chi connectivity index (χ1n) is 5.72. The fourth-order valence-corrected chi connectivity index (χ4v) is 2.89. The maximum absolute atomic E-state index is 13.0. The van der Waals surface area contributed by atoms with Crippen LogP contribution in [0.3, 0.4) is 0 Å². The molecule has 0 bridgehead atoms. The summed E-state index contributed by atoms with van der Waals surface area (Å²) in [5, 5.41) is 2.76. The molecule has 2 aromatic rings. The minimum Gasteiger partial charge on any atom is -0.363 e. The van der Waals surface area contributed by atoms with Gasteiger partial charge in [-0.15, -0.1) is 0 Å². The molecule has 3 N–H and O–H groups in total. The van der Waals surface area contributed by atoms with E-state index < -0.39 is 15.8 Å². The molecule has 0 atom stereocenters. The highest BCUT2D eigenvalue weighted by molar-refractivity contribution is 7.92. The molecule has 2 rings (SSSR count). The molecule has 1 heterocycles. The van der Waals surface area contributed by atoms with E-state index in [1.807, 2.05) is 0 Å². The Morgan fingerprint density at radius 2 is 2.10 bits per heavy atom. The van der Waals surface area contributed by atoms with Crippen LogP contribution in [0.25, 0.3) is 0 Å². The Morgan fingerprint density at radius 1 is 1.35 bits per heavy atom. The largest absolute Gasteiger partial charge is 0.363 e. The molecule has 1 aromatic heterocycles. The lowest BCUT2D eigenvalue weighted by molar-refractivity contribution is 0.601. The summed E-state index contributed by atoms with van der Waals surface area (Å²) in [7, 11) is -1.97. The van der Waals surface area contributed by atoms with Crippen LogP contribution >= 0.6 is 11.6 Å². The number of hydrogen-bond donors (Lipinski definition) is 3. The van der Waals surface area contributed by atoms with Gasteiger partial charge in [-0.05, 0) is 31.3 Å². The minimum atomic E-state index is -3.73. The number of rotatable bonds is 5. The van der Waals surface area contributed by atoms with Gasteiger partial charge >= 0.3 is 0 Å². The second kappa shape index (κ2) is 5.82. The van der Waals surface area contributed by atoms with Crippen LogP contribution in [0.1, 0.15) is 5.69 Å². The average Bonchev–Trinajstić information content (AvgIpc) is 2.83. The fourth-order valence-electron chi connectivity index (χ4n) is 1.64. The maximum Gasteiger partial charge on any atom is 0.263 e. The average molecular weight is 318 g/mol. The van der Waals surface area contributed by atoms with E-state index in [1.54, 1.807) is 7.05 Å². The SMILES string of the molecule is CNCc1cc(S(=O)(=O)Nc2ccc(F)c(Cl)c2)c[nH]1. The quantitative estimate of drug-likeness (QED) is 0.792. The van der Waals surface area contributed by atoms with Crippen molar-refractivity contribution in [2.24, 2.45) is 0 Å². The van der Waals surface area contributed by atoms with Crippen molar-refractivity contribution >= 4 is 27.3 Å². The summed E-state index contributed by atoms with van der Waals surface area (Å²) >= 11 is 5.61. The van der Waals surface area contributed by atoms with Gasteiger partial charge in [-0.25, -0.2) is 12.8 Å².